The highest BCUT2D eigenvalue weighted by Crippen LogP contribution is 2.39. The zero-order valence-corrected chi connectivity index (χ0v) is 19.7. The summed E-state index contributed by atoms with van der Waals surface area (Å²) in [7, 11) is 0. The number of benzene rings is 2. The van der Waals surface area contributed by atoms with Crippen molar-refractivity contribution in [3.05, 3.63) is 66.0 Å². The predicted octanol–water partition coefficient (Wildman–Crippen LogP) is 4.76. The third-order valence-electron chi connectivity index (χ3n) is 7.40. The second kappa shape index (κ2) is 8.24. The topological polar surface area (TPSA) is 69.6 Å². The van der Waals surface area contributed by atoms with Gasteiger partial charge in [0.05, 0.1) is 24.7 Å². The van der Waals surface area contributed by atoms with Gasteiger partial charge in [0.2, 0.25) is 5.95 Å². The fraction of sp³-hybridized carbons (Fsp3) is 0.444. The molecule has 0 N–H and O–H groups in total. The average molecular weight is 459 g/mol. The van der Waals surface area contributed by atoms with Crippen molar-refractivity contribution in [2.45, 2.75) is 44.6 Å². The number of ether oxygens (including phenoxy) is 3. The van der Waals surface area contributed by atoms with Gasteiger partial charge in [-0.2, -0.15) is 9.97 Å². The number of anilines is 1. The Balaban J connectivity index is 1.11. The van der Waals surface area contributed by atoms with Gasteiger partial charge >= 0.3 is 6.01 Å². The van der Waals surface area contributed by atoms with Crippen LogP contribution in [0.3, 0.4) is 0 Å². The molecule has 0 bridgehead atoms. The van der Waals surface area contributed by atoms with Gasteiger partial charge in [0.15, 0.2) is 0 Å². The molecule has 2 saturated heterocycles. The monoisotopic (exact) mass is 458 g/mol. The highest BCUT2D eigenvalue weighted by molar-refractivity contribution is 5.43. The Morgan fingerprint density at radius 2 is 1.56 bits per heavy atom. The van der Waals surface area contributed by atoms with Gasteiger partial charge in [-0.05, 0) is 54.7 Å². The van der Waals surface area contributed by atoms with E-state index < -0.39 is 0 Å². The summed E-state index contributed by atoms with van der Waals surface area (Å²) < 4.78 is 17.3. The van der Waals surface area contributed by atoms with E-state index in [-0.39, 0.29) is 5.41 Å². The zero-order chi connectivity index (χ0) is 23.2. The summed E-state index contributed by atoms with van der Waals surface area (Å²) in [5.41, 5.74) is 2.61. The summed E-state index contributed by atoms with van der Waals surface area (Å²) >= 11 is 0. The smallest absolute Gasteiger partial charge is 0.326 e. The number of hydrogen-bond acceptors (Lipinski definition) is 7. The molecule has 7 nitrogen and oxygen atoms in total. The normalized spacial score (nSPS) is 19.2. The van der Waals surface area contributed by atoms with Gasteiger partial charge in [-0.15, -0.1) is 0 Å². The Kier molecular flexibility index (Phi) is 5.17. The lowest BCUT2D eigenvalue weighted by atomic mass is 9.78. The summed E-state index contributed by atoms with van der Waals surface area (Å²) in [6.07, 6.45) is 5.52. The molecular weight excluding hydrogens is 428 g/mol. The number of aromatic nitrogens is 3. The maximum Gasteiger partial charge on any atom is 0.326 e. The first-order valence-electron chi connectivity index (χ1n) is 12.1. The molecule has 1 aliphatic carbocycles. The van der Waals surface area contributed by atoms with Gasteiger partial charge < -0.3 is 19.1 Å². The van der Waals surface area contributed by atoms with Crippen molar-refractivity contribution in [1.82, 2.24) is 15.0 Å². The highest BCUT2D eigenvalue weighted by Gasteiger charge is 2.50. The third-order valence-corrected chi connectivity index (χ3v) is 7.40. The summed E-state index contributed by atoms with van der Waals surface area (Å²) in [4.78, 5) is 15.2. The summed E-state index contributed by atoms with van der Waals surface area (Å²) in [5, 5.41) is 0. The molecule has 176 valence electrons. The summed E-state index contributed by atoms with van der Waals surface area (Å²) in [6.45, 7) is 7.98. The first-order chi connectivity index (χ1) is 16.5. The van der Waals surface area contributed by atoms with E-state index >= 15 is 0 Å². The minimum atomic E-state index is -0.146. The molecule has 3 heterocycles. The first-order valence-corrected chi connectivity index (χ1v) is 12.1. The van der Waals surface area contributed by atoms with Gasteiger partial charge in [0.1, 0.15) is 17.8 Å². The van der Waals surface area contributed by atoms with Crippen LogP contribution < -0.4 is 14.4 Å². The molecule has 1 saturated carbocycles. The Morgan fingerprint density at radius 3 is 2.12 bits per heavy atom. The SMILES string of the molecule is CC(C)(c1ccc(Oc2ncnc(N3CC4(COC4)C3)n2)cc1)c1ccc(OC2CCC2)cc1. The molecule has 34 heavy (non-hydrogen) atoms. The molecule has 0 amide bonds. The van der Waals surface area contributed by atoms with Crippen LogP contribution in [0.1, 0.15) is 44.2 Å². The predicted molar refractivity (Wildman–Crippen MR) is 129 cm³/mol. The largest absolute Gasteiger partial charge is 0.490 e. The van der Waals surface area contributed by atoms with Crippen molar-refractivity contribution in [3.63, 3.8) is 0 Å². The number of rotatable bonds is 7. The van der Waals surface area contributed by atoms with E-state index in [1.54, 1.807) is 0 Å². The van der Waals surface area contributed by atoms with Crippen molar-refractivity contribution in [2.24, 2.45) is 5.41 Å². The van der Waals surface area contributed by atoms with Gasteiger partial charge in [-0.1, -0.05) is 38.1 Å². The number of hydrogen-bond donors (Lipinski definition) is 0. The molecule has 2 aliphatic heterocycles. The van der Waals surface area contributed by atoms with Gasteiger partial charge in [-0.3, -0.25) is 0 Å². The van der Waals surface area contributed by atoms with Crippen molar-refractivity contribution in [2.75, 3.05) is 31.2 Å². The van der Waals surface area contributed by atoms with E-state index in [1.807, 2.05) is 12.1 Å². The summed E-state index contributed by atoms with van der Waals surface area (Å²) in [5.74, 6) is 2.32. The third kappa shape index (κ3) is 3.98. The van der Waals surface area contributed by atoms with Crippen LogP contribution in [-0.4, -0.2) is 47.4 Å². The van der Waals surface area contributed by atoms with Gasteiger partial charge in [0, 0.05) is 18.5 Å². The van der Waals surface area contributed by atoms with Crippen molar-refractivity contribution in [3.8, 4) is 17.5 Å². The van der Waals surface area contributed by atoms with Crippen molar-refractivity contribution in [1.29, 1.82) is 0 Å². The molecule has 1 aromatic heterocycles. The van der Waals surface area contributed by atoms with E-state index in [0.717, 1.165) is 32.1 Å². The van der Waals surface area contributed by atoms with Crippen LogP contribution in [0.15, 0.2) is 54.9 Å². The average Bonchev–Trinajstić information content (AvgIpc) is 2.75. The molecule has 0 atom stereocenters. The molecule has 3 fully saturated rings. The molecule has 3 aromatic rings. The number of nitrogens with zero attached hydrogens (tertiary/aromatic N) is 4. The Morgan fingerprint density at radius 1 is 0.912 bits per heavy atom. The molecule has 0 radical (unpaired) electrons. The molecule has 2 aromatic carbocycles. The maximum atomic E-state index is 6.01. The second-order valence-corrected chi connectivity index (χ2v) is 10.4. The molecule has 3 aliphatic rings. The minimum Gasteiger partial charge on any atom is -0.490 e. The minimum absolute atomic E-state index is 0.146. The Hall–Kier alpha value is -3.19. The van der Waals surface area contributed by atoms with Crippen LogP contribution in [0.2, 0.25) is 0 Å². The quantitative estimate of drug-likeness (QED) is 0.506. The maximum absolute atomic E-state index is 6.01. The van der Waals surface area contributed by atoms with E-state index in [2.05, 4.69) is 70.1 Å². The lowest BCUT2D eigenvalue weighted by Gasteiger charge is -2.54. The highest BCUT2D eigenvalue weighted by atomic mass is 16.5. The molecule has 7 heteroatoms. The van der Waals surface area contributed by atoms with Crippen LogP contribution in [0, 0.1) is 5.41 Å². The van der Waals surface area contributed by atoms with Crippen LogP contribution in [0.4, 0.5) is 5.95 Å². The van der Waals surface area contributed by atoms with Crippen LogP contribution in [0.5, 0.6) is 17.5 Å². The second-order valence-electron chi connectivity index (χ2n) is 10.4. The standard InChI is InChI=1S/C27H30N4O3/c1-26(2,19-6-10-22(11-7-19)33-21-4-3-5-21)20-8-12-23(13-9-20)34-25-29-18-28-24(30-25)31-14-27(15-31)16-32-17-27/h6-13,18,21H,3-5,14-17H2,1-2H3. The van der Waals surface area contributed by atoms with E-state index in [0.29, 0.717) is 29.2 Å². The van der Waals surface area contributed by atoms with Gasteiger partial charge in [0.25, 0.3) is 0 Å². The van der Waals surface area contributed by atoms with Crippen molar-refractivity contribution < 1.29 is 14.2 Å². The van der Waals surface area contributed by atoms with Crippen LogP contribution in [-0.2, 0) is 10.2 Å². The zero-order valence-electron chi connectivity index (χ0n) is 19.7. The van der Waals surface area contributed by atoms with E-state index in [4.69, 9.17) is 14.2 Å². The fourth-order valence-corrected chi connectivity index (χ4v) is 4.80. The van der Waals surface area contributed by atoms with Crippen molar-refractivity contribution >= 4 is 5.95 Å². The van der Waals surface area contributed by atoms with E-state index in [1.165, 1.54) is 36.7 Å². The fourth-order valence-electron chi connectivity index (χ4n) is 4.80. The van der Waals surface area contributed by atoms with Crippen LogP contribution in [0.25, 0.3) is 0 Å². The molecule has 6 rings (SSSR count). The summed E-state index contributed by atoms with van der Waals surface area (Å²) in [6, 6.07) is 17.0. The van der Waals surface area contributed by atoms with Crippen LogP contribution >= 0.6 is 0 Å². The van der Waals surface area contributed by atoms with E-state index in [9.17, 15) is 0 Å². The lowest BCUT2D eigenvalue weighted by molar-refractivity contribution is -0.127. The molecule has 0 unspecified atom stereocenters. The first kappa shape index (κ1) is 21.4. The molecular formula is C27H30N4O3. The van der Waals surface area contributed by atoms with Gasteiger partial charge in [-0.25, -0.2) is 4.98 Å². The molecule has 1 spiro atoms. The Bertz CT molecular complexity index is 1150. The Labute approximate surface area is 200 Å². The lowest BCUT2D eigenvalue weighted by Crippen LogP contribution is -2.66.